The number of pyridine rings is 2. The van der Waals surface area contributed by atoms with Crippen molar-refractivity contribution in [3.8, 4) is 0 Å². The summed E-state index contributed by atoms with van der Waals surface area (Å²) in [6.07, 6.45) is 8.49. The first-order valence-electron chi connectivity index (χ1n) is 21.1. The fourth-order valence-electron chi connectivity index (χ4n) is 9.79. The van der Waals surface area contributed by atoms with Crippen molar-refractivity contribution in [2.75, 3.05) is 23.9 Å². The Hall–Kier alpha value is -6.93. The molecule has 10 rings (SSSR count). The van der Waals surface area contributed by atoms with E-state index in [1.165, 1.54) is 43.8 Å². The zero-order valence-corrected chi connectivity index (χ0v) is 36.9. The summed E-state index contributed by atoms with van der Waals surface area (Å²) in [7, 11) is 4.11. The van der Waals surface area contributed by atoms with E-state index in [9.17, 15) is 9.59 Å². The molecule has 2 atom stereocenters. The molecule has 0 aliphatic carbocycles. The number of ketones is 2. The summed E-state index contributed by atoms with van der Waals surface area (Å²) in [5.74, 6) is -0.141. The maximum absolute atomic E-state index is 13.1. The molecular formula is C56H48CoN4O2+2. The van der Waals surface area contributed by atoms with Crippen molar-refractivity contribution in [3.63, 3.8) is 0 Å². The Bertz CT molecular complexity index is 2800. The predicted molar refractivity (Wildman–Crippen MR) is 253 cm³/mol. The number of carbonyl (C=O) groups is 2. The van der Waals surface area contributed by atoms with E-state index in [0.717, 1.165) is 35.6 Å². The number of hydrogen-bond donors (Lipinski definition) is 0. The normalized spacial score (nSPS) is 18.7. The number of anilines is 2. The summed E-state index contributed by atoms with van der Waals surface area (Å²) >= 11 is 0. The van der Waals surface area contributed by atoms with Crippen LogP contribution in [0.2, 0.25) is 0 Å². The van der Waals surface area contributed by atoms with Crippen molar-refractivity contribution in [3.05, 3.63) is 239 Å². The van der Waals surface area contributed by atoms with Crippen molar-refractivity contribution in [2.24, 2.45) is 0 Å². The number of rotatable bonds is 8. The molecule has 6 nitrogen and oxygen atoms in total. The minimum Gasteiger partial charge on any atom is -0.347 e. The van der Waals surface area contributed by atoms with Gasteiger partial charge in [0.1, 0.15) is 11.4 Å². The average molecular weight is 868 g/mol. The van der Waals surface area contributed by atoms with Crippen molar-refractivity contribution >= 4 is 44.5 Å². The third kappa shape index (κ3) is 8.02. The maximum atomic E-state index is 13.1. The largest absolute Gasteiger partial charge is 2.00 e. The smallest absolute Gasteiger partial charge is 0.347 e. The number of nitrogens with zero attached hydrogens (tertiary/aromatic N) is 4. The number of benzene rings is 6. The van der Waals surface area contributed by atoms with Gasteiger partial charge in [0.2, 0.25) is 11.6 Å². The van der Waals surface area contributed by atoms with Crippen LogP contribution in [-0.4, -0.2) is 35.6 Å². The van der Waals surface area contributed by atoms with Gasteiger partial charge < -0.3 is 9.80 Å². The molecule has 0 fully saturated rings. The second-order valence-corrected chi connectivity index (χ2v) is 16.7. The van der Waals surface area contributed by atoms with Gasteiger partial charge in [-0.25, -0.2) is 0 Å². The molecule has 6 aromatic carbocycles. The first-order valence-corrected chi connectivity index (χ1v) is 21.1. The Balaban J connectivity index is 0.000000170. The van der Waals surface area contributed by atoms with Crippen molar-refractivity contribution in [1.29, 1.82) is 0 Å². The van der Waals surface area contributed by atoms with E-state index >= 15 is 0 Å². The molecule has 0 N–H and O–H groups in total. The summed E-state index contributed by atoms with van der Waals surface area (Å²) < 4.78 is 0. The standard InChI is InChI=1S/2C28H24N2O.Co/c2*1-28(19-20-10-4-3-5-11-20)26(18-25(31)23-14-8-9-17-29-23)30(2)24-16-15-21-12-6-7-13-22(21)27(24)28;/h2*3-18H,19H2,1-2H3;/q;;+2/b2*26-18-;. The minimum absolute atomic E-state index is 0. The van der Waals surface area contributed by atoms with Gasteiger partial charge in [0.25, 0.3) is 0 Å². The van der Waals surface area contributed by atoms with Gasteiger partial charge in [-0.2, -0.15) is 0 Å². The van der Waals surface area contributed by atoms with E-state index < -0.39 is 0 Å². The Morgan fingerprint density at radius 1 is 0.476 bits per heavy atom. The summed E-state index contributed by atoms with van der Waals surface area (Å²) in [4.78, 5) is 39.1. The SMILES string of the molecule is CN1/C(=C\C(=O)c2ccccn2)C(C)(Cc2ccccc2)c2c1ccc1ccccc21.CN1/C(=C\C(=O)c2ccccn2)C(C)(Cc2ccccc2)c2c1ccc1ccccc21.[Co+2]. The van der Waals surface area contributed by atoms with Crippen LogP contribution in [0.4, 0.5) is 11.4 Å². The molecule has 311 valence electrons. The van der Waals surface area contributed by atoms with Crippen LogP contribution in [0.25, 0.3) is 21.5 Å². The average Bonchev–Trinajstić information content (AvgIpc) is 3.65. The molecule has 7 heteroatoms. The first-order chi connectivity index (χ1) is 30.2. The van der Waals surface area contributed by atoms with E-state index in [-0.39, 0.29) is 39.2 Å². The zero-order valence-electron chi connectivity index (χ0n) is 35.8. The molecule has 0 bridgehead atoms. The Kier molecular flexibility index (Phi) is 12.1. The zero-order chi connectivity index (χ0) is 42.8. The molecule has 0 amide bonds. The molecular weight excluding hydrogens is 820 g/mol. The van der Waals surface area contributed by atoms with Gasteiger partial charge in [0, 0.05) is 72.2 Å². The van der Waals surface area contributed by atoms with Crippen molar-refractivity contribution < 1.29 is 26.4 Å². The number of aromatic nitrogens is 2. The Labute approximate surface area is 379 Å². The van der Waals surface area contributed by atoms with Crippen LogP contribution < -0.4 is 9.80 Å². The monoisotopic (exact) mass is 867 g/mol. The van der Waals surface area contributed by atoms with Crippen LogP contribution in [0.1, 0.15) is 57.1 Å². The number of fused-ring (bicyclic) bond motifs is 6. The summed E-state index contributed by atoms with van der Waals surface area (Å²) in [6.45, 7) is 4.51. The van der Waals surface area contributed by atoms with Gasteiger partial charge in [-0.05, 0) is 107 Å². The number of hydrogen-bond acceptors (Lipinski definition) is 6. The van der Waals surface area contributed by atoms with Gasteiger partial charge in [0.15, 0.2) is 0 Å². The fraction of sp³-hybridized carbons (Fsp3) is 0.143. The van der Waals surface area contributed by atoms with Crippen LogP contribution in [-0.2, 0) is 40.5 Å². The molecule has 2 unspecified atom stereocenters. The topological polar surface area (TPSA) is 66.4 Å². The third-order valence-corrected chi connectivity index (χ3v) is 12.7. The maximum Gasteiger partial charge on any atom is 2.00 e. The van der Waals surface area contributed by atoms with Gasteiger partial charge in [-0.15, -0.1) is 0 Å². The molecule has 63 heavy (non-hydrogen) atoms. The second kappa shape index (κ2) is 17.8. The van der Waals surface area contributed by atoms with Gasteiger partial charge in [0.05, 0.1) is 0 Å². The van der Waals surface area contributed by atoms with E-state index in [2.05, 4.69) is 169 Å². The number of allylic oxidation sites excluding steroid dienone is 4. The summed E-state index contributed by atoms with van der Waals surface area (Å²) in [5, 5.41) is 4.90. The molecule has 1 radical (unpaired) electrons. The van der Waals surface area contributed by atoms with E-state index in [4.69, 9.17) is 0 Å². The molecule has 2 aromatic heterocycles. The van der Waals surface area contributed by atoms with Crippen LogP contribution in [0.5, 0.6) is 0 Å². The molecule has 2 aliphatic heterocycles. The van der Waals surface area contributed by atoms with Gasteiger partial charge in [-0.1, -0.05) is 133 Å². The molecule has 2 aliphatic rings. The molecule has 4 heterocycles. The second-order valence-electron chi connectivity index (χ2n) is 16.7. The Morgan fingerprint density at radius 3 is 1.22 bits per heavy atom. The molecule has 0 spiro atoms. The predicted octanol–water partition coefficient (Wildman–Crippen LogP) is 11.9. The molecule has 0 saturated heterocycles. The van der Waals surface area contributed by atoms with Gasteiger partial charge in [-0.3, -0.25) is 19.6 Å². The molecule has 8 aromatic rings. The van der Waals surface area contributed by atoms with Crippen LogP contribution in [0.3, 0.4) is 0 Å². The first kappa shape index (κ1) is 42.7. The third-order valence-electron chi connectivity index (χ3n) is 12.7. The summed E-state index contributed by atoms with van der Waals surface area (Å²) in [6, 6.07) is 57.6. The number of carbonyl (C=O) groups excluding carboxylic acids is 2. The van der Waals surface area contributed by atoms with E-state index in [1.54, 1.807) is 36.7 Å². The van der Waals surface area contributed by atoms with Crippen molar-refractivity contribution in [2.45, 2.75) is 37.5 Å². The van der Waals surface area contributed by atoms with E-state index in [0.29, 0.717) is 11.4 Å². The van der Waals surface area contributed by atoms with Crippen LogP contribution in [0.15, 0.2) is 206 Å². The van der Waals surface area contributed by atoms with E-state index in [1.807, 2.05) is 36.4 Å². The fourth-order valence-corrected chi connectivity index (χ4v) is 9.79. The molecule has 0 saturated carbocycles. The van der Waals surface area contributed by atoms with Gasteiger partial charge >= 0.3 is 16.8 Å². The minimum atomic E-state index is -0.350. The van der Waals surface area contributed by atoms with Crippen LogP contribution in [0, 0.1) is 0 Å². The quantitative estimate of drug-likeness (QED) is 0.112. The Morgan fingerprint density at radius 2 is 0.841 bits per heavy atom. The van der Waals surface area contributed by atoms with Crippen molar-refractivity contribution in [1.82, 2.24) is 9.97 Å². The van der Waals surface area contributed by atoms with Crippen LogP contribution >= 0.6 is 0 Å². The summed E-state index contributed by atoms with van der Waals surface area (Å²) in [5.41, 5.74) is 9.57. The number of likely N-dealkylation sites (N-methyl/N-ethyl adjacent to an activating group) is 2.